The third kappa shape index (κ3) is 3.64. The first-order chi connectivity index (χ1) is 12.0. The Morgan fingerprint density at radius 2 is 2.08 bits per heavy atom. The third-order valence-corrected chi connectivity index (χ3v) is 4.39. The molecular formula is C19H22FN3O2. The van der Waals surface area contributed by atoms with Crippen LogP contribution in [0.3, 0.4) is 0 Å². The van der Waals surface area contributed by atoms with E-state index in [1.54, 1.807) is 23.0 Å². The Morgan fingerprint density at radius 3 is 2.68 bits per heavy atom. The molecular weight excluding hydrogens is 321 g/mol. The summed E-state index contributed by atoms with van der Waals surface area (Å²) in [6.07, 6.45) is 6.09. The van der Waals surface area contributed by atoms with E-state index in [-0.39, 0.29) is 36.2 Å². The summed E-state index contributed by atoms with van der Waals surface area (Å²) in [5.41, 5.74) is 2.01. The summed E-state index contributed by atoms with van der Waals surface area (Å²) in [4.78, 5) is 12.7. The zero-order valence-electron chi connectivity index (χ0n) is 14.3. The summed E-state index contributed by atoms with van der Waals surface area (Å²) in [5.74, 6) is -0.342. The van der Waals surface area contributed by atoms with Crippen molar-refractivity contribution < 1.29 is 14.3 Å². The van der Waals surface area contributed by atoms with Crippen molar-refractivity contribution in [2.45, 2.75) is 32.2 Å². The number of rotatable bonds is 5. The van der Waals surface area contributed by atoms with Crippen LogP contribution in [0.2, 0.25) is 0 Å². The second-order valence-corrected chi connectivity index (χ2v) is 6.63. The summed E-state index contributed by atoms with van der Waals surface area (Å²) in [6.45, 7) is 4.07. The lowest BCUT2D eigenvalue weighted by molar-refractivity contribution is 0.0939. The summed E-state index contributed by atoms with van der Waals surface area (Å²) in [7, 11) is 0. The minimum Gasteiger partial charge on any atom is -0.396 e. The van der Waals surface area contributed by atoms with Gasteiger partial charge in [-0.15, -0.1) is 0 Å². The number of nitrogens with one attached hydrogen (secondary N) is 1. The Morgan fingerprint density at radius 1 is 1.36 bits per heavy atom. The highest BCUT2D eigenvalue weighted by atomic mass is 19.1. The molecule has 6 heteroatoms. The number of carbonyl (C=O) groups excluding carboxylic acids is 1. The van der Waals surface area contributed by atoms with Gasteiger partial charge < -0.3 is 10.4 Å². The third-order valence-electron chi connectivity index (χ3n) is 4.39. The lowest BCUT2D eigenvalue weighted by Gasteiger charge is -2.15. The van der Waals surface area contributed by atoms with Gasteiger partial charge in [-0.3, -0.25) is 4.79 Å². The number of aliphatic hydroxyl groups excluding tert-OH is 1. The molecule has 1 aliphatic rings. The van der Waals surface area contributed by atoms with Crippen molar-refractivity contribution in [1.29, 1.82) is 0 Å². The molecule has 0 spiro atoms. The van der Waals surface area contributed by atoms with Crippen LogP contribution in [-0.2, 0) is 0 Å². The van der Waals surface area contributed by atoms with Gasteiger partial charge in [-0.1, -0.05) is 26.0 Å². The molecule has 2 N–H and O–H groups in total. The van der Waals surface area contributed by atoms with Gasteiger partial charge in [0.25, 0.3) is 5.91 Å². The molecule has 25 heavy (non-hydrogen) atoms. The predicted octanol–water partition coefficient (Wildman–Crippen LogP) is 2.80. The monoisotopic (exact) mass is 343 g/mol. The smallest absolute Gasteiger partial charge is 0.255 e. The van der Waals surface area contributed by atoms with Gasteiger partial charge in [0, 0.05) is 18.6 Å². The van der Waals surface area contributed by atoms with Gasteiger partial charge in [-0.2, -0.15) is 5.10 Å². The van der Waals surface area contributed by atoms with Gasteiger partial charge in [0.1, 0.15) is 5.82 Å². The van der Waals surface area contributed by atoms with Crippen LogP contribution >= 0.6 is 0 Å². The van der Waals surface area contributed by atoms with Crippen molar-refractivity contribution in [3.63, 3.8) is 0 Å². The number of aliphatic hydroxyl groups is 1. The highest BCUT2D eigenvalue weighted by molar-refractivity contribution is 5.95. The van der Waals surface area contributed by atoms with Gasteiger partial charge in [-0.25, -0.2) is 9.07 Å². The van der Waals surface area contributed by atoms with Crippen molar-refractivity contribution in [2.24, 2.45) is 5.92 Å². The maximum Gasteiger partial charge on any atom is 0.255 e. The van der Waals surface area contributed by atoms with E-state index in [4.69, 9.17) is 0 Å². The van der Waals surface area contributed by atoms with Crippen LogP contribution in [0.25, 0.3) is 5.69 Å². The second kappa shape index (κ2) is 7.19. The molecule has 3 rings (SSSR count). The van der Waals surface area contributed by atoms with Gasteiger partial charge in [0.2, 0.25) is 0 Å². The number of aromatic nitrogens is 2. The molecule has 0 fully saturated rings. The number of benzene rings is 1. The number of hydrogen-bond acceptors (Lipinski definition) is 3. The van der Waals surface area contributed by atoms with Crippen LogP contribution in [0, 0.1) is 11.7 Å². The Bertz CT molecular complexity index is 780. The normalized spacial score (nSPS) is 19.6. The first-order valence-electron chi connectivity index (χ1n) is 8.43. The second-order valence-electron chi connectivity index (χ2n) is 6.63. The molecule has 5 nitrogen and oxygen atoms in total. The molecule has 0 aliphatic heterocycles. The zero-order valence-corrected chi connectivity index (χ0v) is 14.3. The molecule has 1 amide bonds. The van der Waals surface area contributed by atoms with Gasteiger partial charge in [-0.05, 0) is 36.6 Å². The van der Waals surface area contributed by atoms with Crippen LogP contribution in [0.1, 0.15) is 42.2 Å². The molecule has 1 aromatic carbocycles. The van der Waals surface area contributed by atoms with E-state index < -0.39 is 0 Å². The number of amides is 1. The number of hydrogen-bond donors (Lipinski definition) is 2. The number of nitrogens with zero attached hydrogens (tertiary/aromatic N) is 2. The van der Waals surface area contributed by atoms with Crippen molar-refractivity contribution in [2.75, 3.05) is 6.61 Å². The molecule has 0 saturated carbocycles. The van der Waals surface area contributed by atoms with Crippen LogP contribution in [0.15, 0.2) is 42.6 Å². The molecule has 132 valence electrons. The highest BCUT2D eigenvalue weighted by Crippen LogP contribution is 2.24. The van der Waals surface area contributed by atoms with Crippen LogP contribution in [0.4, 0.5) is 4.39 Å². The van der Waals surface area contributed by atoms with E-state index in [0.717, 1.165) is 5.69 Å². The largest absolute Gasteiger partial charge is 0.396 e. The highest BCUT2D eigenvalue weighted by Gasteiger charge is 2.25. The molecule has 1 heterocycles. The van der Waals surface area contributed by atoms with Crippen molar-refractivity contribution in [3.05, 3.63) is 59.7 Å². The van der Waals surface area contributed by atoms with Gasteiger partial charge in [0.05, 0.1) is 23.1 Å². The van der Waals surface area contributed by atoms with E-state index in [0.29, 0.717) is 17.7 Å². The summed E-state index contributed by atoms with van der Waals surface area (Å²) < 4.78 is 14.8. The Balaban J connectivity index is 1.85. The molecule has 2 aromatic rings. The van der Waals surface area contributed by atoms with Crippen LogP contribution in [0.5, 0.6) is 0 Å². The SMILES string of the molecule is CC(C)c1c(C(=O)N[C@@H]2C=C[C@H](CO)C2)cnn1-c1ccc(F)cc1. The molecule has 1 aromatic heterocycles. The van der Waals surface area contributed by atoms with E-state index in [1.165, 1.54) is 12.1 Å². The fraction of sp³-hybridized carbons (Fsp3) is 0.368. The minimum absolute atomic E-state index is 0.0672. The summed E-state index contributed by atoms with van der Waals surface area (Å²) in [5, 5.41) is 16.5. The van der Waals surface area contributed by atoms with E-state index in [9.17, 15) is 14.3 Å². The fourth-order valence-corrected chi connectivity index (χ4v) is 3.14. The quantitative estimate of drug-likeness (QED) is 0.821. The maximum atomic E-state index is 13.2. The van der Waals surface area contributed by atoms with E-state index >= 15 is 0 Å². The van der Waals surface area contributed by atoms with Gasteiger partial charge >= 0.3 is 0 Å². The topological polar surface area (TPSA) is 67.2 Å². The first kappa shape index (κ1) is 17.4. The minimum atomic E-state index is -0.313. The molecule has 2 atom stereocenters. The number of halogens is 1. The fourth-order valence-electron chi connectivity index (χ4n) is 3.14. The van der Waals surface area contributed by atoms with Crippen LogP contribution < -0.4 is 5.32 Å². The zero-order chi connectivity index (χ0) is 18.0. The molecule has 0 radical (unpaired) electrons. The van der Waals surface area contributed by atoms with Crippen molar-refractivity contribution >= 4 is 5.91 Å². The molecule has 0 unspecified atom stereocenters. The van der Waals surface area contributed by atoms with Crippen LogP contribution in [-0.4, -0.2) is 33.4 Å². The average Bonchev–Trinajstić information content (AvgIpc) is 3.22. The van der Waals surface area contributed by atoms with Gasteiger partial charge in [0.15, 0.2) is 0 Å². The summed E-state index contributed by atoms with van der Waals surface area (Å²) in [6, 6.07) is 5.94. The van der Waals surface area contributed by atoms with E-state index in [2.05, 4.69) is 10.4 Å². The summed E-state index contributed by atoms with van der Waals surface area (Å²) >= 11 is 0. The molecule has 0 bridgehead atoms. The molecule has 0 saturated heterocycles. The lowest BCUT2D eigenvalue weighted by Crippen LogP contribution is -2.33. The lowest BCUT2D eigenvalue weighted by atomic mass is 10.0. The molecule has 1 aliphatic carbocycles. The average molecular weight is 343 g/mol. The van der Waals surface area contributed by atoms with Crippen molar-refractivity contribution in [3.8, 4) is 5.69 Å². The Kier molecular flexibility index (Phi) is 4.99. The maximum absolute atomic E-state index is 13.2. The van der Waals surface area contributed by atoms with Crippen molar-refractivity contribution in [1.82, 2.24) is 15.1 Å². The first-order valence-corrected chi connectivity index (χ1v) is 8.43. The van der Waals surface area contributed by atoms with E-state index in [1.807, 2.05) is 26.0 Å². The Labute approximate surface area is 146 Å². The predicted molar refractivity (Wildman–Crippen MR) is 93.2 cm³/mol. The Hall–Kier alpha value is -2.47. The number of carbonyl (C=O) groups is 1. The standard InChI is InChI=1S/C19H22FN3O2/c1-12(2)18-17(19(25)22-15-6-3-13(9-15)11-24)10-21-23(18)16-7-4-14(20)5-8-16/h3-8,10,12-13,15,24H,9,11H2,1-2H3,(H,22,25)/t13-,15+/m0/s1.